The highest BCUT2D eigenvalue weighted by Gasteiger charge is 2.03. The van der Waals surface area contributed by atoms with E-state index in [-0.39, 0.29) is 6.42 Å². The van der Waals surface area contributed by atoms with Gasteiger partial charge in [0.2, 0.25) is 0 Å². The predicted octanol–water partition coefficient (Wildman–Crippen LogP) is 1.67. The molecule has 0 aromatic carbocycles. The van der Waals surface area contributed by atoms with Crippen LogP contribution >= 0.6 is 11.6 Å². The Morgan fingerprint density at radius 2 is 2.33 bits per heavy atom. The summed E-state index contributed by atoms with van der Waals surface area (Å²) in [5.41, 5.74) is 1.42. The molecule has 0 radical (unpaired) electrons. The normalized spacial score (nSPS) is 9.83. The monoisotopic (exact) mass is 185 g/mol. The minimum atomic E-state index is -0.899. The van der Waals surface area contributed by atoms with Gasteiger partial charge < -0.3 is 5.11 Å². The number of carboxylic acid groups (broad SMARTS) is 1. The number of hydrogen-bond donors (Lipinski definition) is 1. The van der Waals surface area contributed by atoms with Gasteiger partial charge in [-0.2, -0.15) is 0 Å². The van der Waals surface area contributed by atoms with E-state index in [2.05, 4.69) is 4.98 Å². The van der Waals surface area contributed by atoms with Crippen LogP contribution in [0.2, 0.25) is 5.15 Å². The van der Waals surface area contributed by atoms with Crippen LogP contribution in [0, 0.1) is 6.92 Å². The molecule has 0 saturated heterocycles. The van der Waals surface area contributed by atoms with Crippen LogP contribution in [-0.4, -0.2) is 16.1 Å². The van der Waals surface area contributed by atoms with Crippen molar-refractivity contribution in [2.75, 3.05) is 0 Å². The summed E-state index contributed by atoms with van der Waals surface area (Å²) in [6.45, 7) is 1.85. The van der Waals surface area contributed by atoms with Crippen molar-refractivity contribution in [2.24, 2.45) is 0 Å². The van der Waals surface area contributed by atoms with Gasteiger partial charge in [0.05, 0.1) is 12.1 Å². The molecular formula is C8H8ClNO2. The third-order valence-electron chi connectivity index (χ3n) is 1.32. The van der Waals surface area contributed by atoms with Crippen molar-refractivity contribution in [3.63, 3.8) is 0 Å². The van der Waals surface area contributed by atoms with Gasteiger partial charge in [-0.05, 0) is 24.6 Å². The molecule has 0 aliphatic rings. The zero-order chi connectivity index (χ0) is 9.14. The summed E-state index contributed by atoms with van der Waals surface area (Å²) in [7, 11) is 0. The summed E-state index contributed by atoms with van der Waals surface area (Å²) in [4.78, 5) is 14.2. The van der Waals surface area contributed by atoms with E-state index >= 15 is 0 Å². The van der Waals surface area contributed by atoms with Gasteiger partial charge in [-0.1, -0.05) is 11.6 Å². The Hall–Kier alpha value is -1.09. The van der Waals surface area contributed by atoms with Gasteiger partial charge in [0.1, 0.15) is 5.15 Å². The van der Waals surface area contributed by atoms with Crippen molar-refractivity contribution in [3.05, 3.63) is 28.5 Å². The number of rotatable bonds is 2. The first kappa shape index (κ1) is 9.00. The zero-order valence-corrected chi connectivity index (χ0v) is 7.30. The fourth-order valence-electron chi connectivity index (χ4n) is 0.940. The highest BCUT2D eigenvalue weighted by Crippen LogP contribution is 2.10. The minimum Gasteiger partial charge on any atom is -0.481 e. The van der Waals surface area contributed by atoms with Gasteiger partial charge in [-0.3, -0.25) is 4.79 Å². The molecule has 64 valence electrons. The Bertz CT molecular complexity index is 292. The summed E-state index contributed by atoms with van der Waals surface area (Å²) in [6, 6.07) is 3.40. The first-order chi connectivity index (χ1) is 5.58. The van der Waals surface area contributed by atoms with Gasteiger partial charge in [0.25, 0.3) is 0 Å². The Balaban J connectivity index is 2.93. The molecule has 4 heteroatoms. The topological polar surface area (TPSA) is 50.2 Å². The van der Waals surface area contributed by atoms with Crippen molar-refractivity contribution in [1.29, 1.82) is 0 Å². The summed E-state index contributed by atoms with van der Waals surface area (Å²) in [5.74, 6) is -0.899. The van der Waals surface area contributed by atoms with Crippen molar-refractivity contribution >= 4 is 17.6 Å². The molecule has 0 fully saturated rings. The molecule has 1 heterocycles. The Morgan fingerprint density at radius 3 is 2.83 bits per heavy atom. The highest BCUT2D eigenvalue weighted by atomic mass is 35.5. The Kier molecular flexibility index (Phi) is 2.65. The number of aromatic nitrogens is 1. The molecule has 0 unspecified atom stereocenters. The average Bonchev–Trinajstić information content (AvgIpc) is 1.81. The number of nitrogens with zero attached hydrogens (tertiary/aromatic N) is 1. The highest BCUT2D eigenvalue weighted by molar-refractivity contribution is 6.29. The van der Waals surface area contributed by atoms with E-state index in [1.54, 1.807) is 12.1 Å². The van der Waals surface area contributed by atoms with E-state index in [0.29, 0.717) is 10.8 Å². The van der Waals surface area contributed by atoms with Crippen LogP contribution in [-0.2, 0) is 11.2 Å². The second kappa shape index (κ2) is 3.54. The number of carboxylic acids is 1. The number of carbonyl (C=O) groups is 1. The quantitative estimate of drug-likeness (QED) is 0.714. The number of pyridine rings is 1. The summed E-state index contributed by atoms with van der Waals surface area (Å²) >= 11 is 5.63. The van der Waals surface area contributed by atoms with Crippen molar-refractivity contribution in [2.45, 2.75) is 13.3 Å². The predicted molar refractivity (Wildman–Crippen MR) is 45.3 cm³/mol. The maximum atomic E-state index is 10.3. The molecule has 0 aliphatic heterocycles. The third-order valence-corrected chi connectivity index (χ3v) is 1.52. The Labute approximate surface area is 75.0 Å². The van der Waals surface area contributed by atoms with Crippen LogP contribution in [0.1, 0.15) is 11.3 Å². The number of aliphatic carboxylic acids is 1. The van der Waals surface area contributed by atoms with Gasteiger partial charge in [-0.15, -0.1) is 0 Å². The van der Waals surface area contributed by atoms with Crippen molar-refractivity contribution in [3.8, 4) is 0 Å². The number of hydrogen-bond acceptors (Lipinski definition) is 2. The molecule has 1 rings (SSSR count). The van der Waals surface area contributed by atoms with Crippen LogP contribution in [0.25, 0.3) is 0 Å². The third kappa shape index (κ3) is 2.51. The first-order valence-electron chi connectivity index (χ1n) is 3.43. The van der Waals surface area contributed by atoms with E-state index in [9.17, 15) is 4.79 Å². The summed E-state index contributed by atoms with van der Waals surface area (Å²) < 4.78 is 0. The van der Waals surface area contributed by atoms with Crippen molar-refractivity contribution < 1.29 is 9.90 Å². The standard InChI is InChI=1S/C8H8ClNO2/c1-5-2-6(4-8(11)12)10-7(9)3-5/h2-3H,4H2,1H3,(H,11,12). The molecule has 0 bridgehead atoms. The maximum absolute atomic E-state index is 10.3. The lowest BCUT2D eigenvalue weighted by atomic mass is 10.2. The maximum Gasteiger partial charge on any atom is 0.309 e. The van der Waals surface area contributed by atoms with Crippen LogP contribution in [0.15, 0.2) is 12.1 Å². The lowest BCUT2D eigenvalue weighted by molar-refractivity contribution is -0.136. The molecule has 1 aromatic heterocycles. The van der Waals surface area contributed by atoms with Gasteiger partial charge in [0, 0.05) is 0 Å². The van der Waals surface area contributed by atoms with Gasteiger partial charge in [0.15, 0.2) is 0 Å². The second-order valence-corrected chi connectivity index (χ2v) is 2.92. The van der Waals surface area contributed by atoms with E-state index in [1.807, 2.05) is 6.92 Å². The molecule has 0 spiro atoms. The molecule has 0 saturated carbocycles. The molecule has 0 aliphatic carbocycles. The smallest absolute Gasteiger partial charge is 0.309 e. The van der Waals surface area contributed by atoms with Gasteiger partial charge >= 0.3 is 5.97 Å². The minimum absolute atomic E-state index is 0.0819. The van der Waals surface area contributed by atoms with E-state index in [1.165, 1.54) is 0 Å². The molecule has 3 nitrogen and oxygen atoms in total. The first-order valence-corrected chi connectivity index (χ1v) is 3.80. The lowest BCUT2D eigenvalue weighted by Crippen LogP contribution is -2.02. The SMILES string of the molecule is Cc1cc(Cl)nc(CC(=O)O)c1. The summed E-state index contributed by atoms with van der Waals surface area (Å²) in [6.07, 6.45) is -0.0819. The van der Waals surface area contributed by atoms with Crippen LogP contribution in [0.4, 0.5) is 0 Å². The lowest BCUT2D eigenvalue weighted by Gasteiger charge is -1.98. The van der Waals surface area contributed by atoms with Crippen LogP contribution in [0.3, 0.4) is 0 Å². The molecule has 0 atom stereocenters. The fraction of sp³-hybridized carbons (Fsp3) is 0.250. The average molecular weight is 186 g/mol. The van der Waals surface area contributed by atoms with E-state index < -0.39 is 5.97 Å². The summed E-state index contributed by atoms with van der Waals surface area (Å²) in [5, 5.41) is 8.80. The van der Waals surface area contributed by atoms with E-state index in [4.69, 9.17) is 16.7 Å². The number of halogens is 1. The fourth-order valence-corrected chi connectivity index (χ4v) is 1.22. The largest absolute Gasteiger partial charge is 0.481 e. The van der Waals surface area contributed by atoms with Gasteiger partial charge in [-0.25, -0.2) is 4.98 Å². The molecule has 1 N–H and O–H groups in total. The van der Waals surface area contributed by atoms with E-state index in [0.717, 1.165) is 5.56 Å². The van der Waals surface area contributed by atoms with Crippen LogP contribution in [0.5, 0.6) is 0 Å². The molecule has 12 heavy (non-hydrogen) atoms. The second-order valence-electron chi connectivity index (χ2n) is 2.53. The zero-order valence-electron chi connectivity index (χ0n) is 6.54. The van der Waals surface area contributed by atoms with Crippen molar-refractivity contribution in [1.82, 2.24) is 4.98 Å². The Morgan fingerprint density at radius 1 is 1.67 bits per heavy atom. The molecule has 1 aromatic rings. The molecule has 0 amide bonds. The van der Waals surface area contributed by atoms with Crippen LogP contribution < -0.4 is 0 Å². The molecular weight excluding hydrogens is 178 g/mol. The number of aryl methyl sites for hydroxylation is 1.